The van der Waals surface area contributed by atoms with Crippen LogP contribution in [0.5, 0.6) is 0 Å². The van der Waals surface area contributed by atoms with Crippen LogP contribution < -0.4 is 5.32 Å². The highest BCUT2D eigenvalue weighted by atomic mass is 33.1. The standard InChI is InChI=1S/C13H27NO7S2Si/c1-12(15)20-7-9-22-23-10-8-21-13(16)14-6-5-11-24(17-2,18-3)19-4/h5-11H2,1-4H3,(H,14,16). The van der Waals surface area contributed by atoms with Gasteiger partial charge in [-0.25, -0.2) is 4.79 Å². The highest BCUT2D eigenvalue weighted by Crippen LogP contribution is 2.20. The molecule has 0 aromatic carbocycles. The van der Waals surface area contributed by atoms with Crippen molar-refractivity contribution in [3.05, 3.63) is 0 Å². The highest BCUT2D eigenvalue weighted by molar-refractivity contribution is 8.76. The van der Waals surface area contributed by atoms with Gasteiger partial charge in [-0.3, -0.25) is 4.79 Å². The SMILES string of the molecule is CO[Si](CCCNC(=O)OCCSSCCOC(C)=O)(OC)OC. The van der Waals surface area contributed by atoms with Gasteiger partial charge in [-0.05, 0) is 6.42 Å². The molecule has 0 aliphatic rings. The van der Waals surface area contributed by atoms with Gasteiger partial charge in [0.1, 0.15) is 13.2 Å². The summed E-state index contributed by atoms with van der Waals surface area (Å²) in [5.74, 6) is 1.10. The summed E-state index contributed by atoms with van der Waals surface area (Å²) in [7, 11) is 5.23. The fourth-order valence-electron chi connectivity index (χ4n) is 1.61. The molecule has 142 valence electrons. The van der Waals surface area contributed by atoms with Gasteiger partial charge < -0.3 is 28.1 Å². The van der Waals surface area contributed by atoms with Crippen LogP contribution in [-0.4, -0.2) is 73.5 Å². The van der Waals surface area contributed by atoms with Gasteiger partial charge in [-0.15, -0.1) is 0 Å². The maximum atomic E-state index is 11.5. The number of esters is 1. The Kier molecular flexibility index (Phi) is 14.6. The van der Waals surface area contributed by atoms with Crippen molar-refractivity contribution in [3.63, 3.8) is 0 Å². The number of hydrogen-bond donors (Lipinski definition) is 1. The van der Waals surface area contributed by atoms with Crippen molar-refractivity contribution in [1.82, 2.24) is 5.32 Å². The molecule has 0 aromatic rings. The summed E-state index contributed by atoms with van der Waals surface area (Å²) in [6.45, 7) is 2.56. The van der Waals surface area contributed by atoms with E-state index in [2.05, 4.69) is 5.32 Å². The second-order valence-electron chi connectivity index (χ2n) is 4.45. The maximum absolute atomic E-state index is 11.5. The summed E-state index contributed by atoms with van der Waals surface area (Å²) >= 11 is 0. The van der Waals surface area contributed by atoms with Gasteiger partial charge in [0.2, 0.25) is 0 Å². The topological polar surface area (TPSA) is 92.3 Å². The third kappa shape index (κ3) is 12.0. The molecule has 0 fully saturated rings. The highest BCUT2D eigenvalue weighted by Gasteiger charge is 2.36. The summed E-state index contributed by atoms with van der Waals surface area (Å²) < 4.78 is 25.7. The van der Waals surface area contributed by atoms with Crippen molar-refractivity contribution in [2.24, 2.45) is 0 Å². The van der Waals surface area contributed by atoms with Gasteiger partial charge in [0, 0.05) is 52.3 Å². The average Bonchev–Trinajstić information content (AvgIpc) is 2.58. The van der Waals surface area contributed by atoms with Crippen molar-refractivity contribution in [3.8, 4) is 0 Å². The first-order chi connectivity index (χ1) is 11.5. The Balaban J connectivity index is 3.52. The minimum atomic E-state index is -2.57. The molecule has 1 amide bonds. The van der Waals surface area contributed by atoms with Crippen LogP contribution in [0.3, 0.4) is 0 Å². The average molecular weight is 402 g/mol. The Hall–Kier alpha value is -0.463. The quantitative estimate of drug-likeness (QED) is 0.203. The smallest absolute Gasteiger partial charge is 0.465 e. The fourth-order valence-corrected chi connectivity index (χ4v) is 4.98. The van der Waals surface area contributed by atoms with Gasteiger partial charge in [0.25, 0.3) is 0 Å². The van der Waals surface area contributed by atoms with Gasteiger partial charge in [-0.1, -0.05) is 21.6 Å². The summed E-state index contributed by atoms with van der Waals surface area (Å²) in [6.07, 6.45) is 0.234. The van der Waals surface area contributed by atoms with Crippen LogP contribution in [0, 0.1) is 0 Å². The van der Waals surface area contributed by atoms with E-state index in [1.807, 2.05) is 0 Å². The lowest BCUT2D eigenvalue weighted by molar-refractivity contribution is -0.140. The molecule has 0 unspecified atom stereocenters. The summed E-state index contributed by atoms with van der Waals surface area (Å²) in [5.41, 5.74) is 0. The number of carbonyl (C=O) groups is 2. The number of alkyl carbamates (subject to hydrolysis) is 1. The normalized spacial score (nSPS) is 11.2. The van der Waals surface area contributed by atoms with Crippen LogP contribution in [-0.2, 0) is 27.5 Å². The van der Waals surface area contributed by atoms with Crippen molar-refractivity contribution >= 4 is 42.5 Å². The van der Waals surface area contributed by atoms with Crippen molar-refractivity contribution < 1.29 is 32.3 Å². The van der Waals surface area contributed by atoms with E-state index < -0.39 is 14.9 Å². The molecule has 0 atom stereocenters. The molecule has 0 spiro atoms. The predicted molar refractivity (Wildman–Crippen MR) is 97.1 cm³/mol. The minimum Gasteiger partial charge on any atom is -0.465 e. The lowest BCUT2D eigenvalue weighted by atomic mass is 10.5. The van der Waals surface area contributed by atoms with E-state index in [4.69, 9.17) is 22.8 Å². The minimum absolute atomic E-state index is 0.276. The van der Waals surface area contributed by atoms with E-state index >= 15 is 0 Å². The van der Waals surface area contributed by atoms with Gasteiger partial charge in [0.15, 0.2) is 0 Å². The first kappa shape index (κ1) is 23.5. The zero-order chi connectivity index (χ0) is 18.3. The molecule has 0 saturated heterocycles. The van der Waals surface area contributed by atoms with E-state index in [1.54, 1.807) is 42.9 Å². The van der Waals surface area contributed by atoms with E-state index in [1.165, 1.54) is 6.92 Å². The van der Waals surface area contributed by atoms with Crippen molar-refractivity contribution in [2.75, 3.05) is 52.6 Å². The van der Waals surface area contributed by atoms with E-state index in [0.717, 1.165) is 0 Å². The summed E-state index contributed by atoms with van der Waals surface area (Å²) in [6, 6.07) is 0.617. The molecule has 0 rings (SSSR count). The van der Waals surface area contributed by atoms with Gasteiger partial charge >= 0.3 is 20.9 Å². The number of nitrogens with one attached hydrogen (secondary N) is 1. The molecular formula is C13H27NO7S2Si. The molecular weight excluding hydrogens is 374 g/mol. The van der Waals surface area contributed by atoms with Crippen LogP contribution in [0.25, 0.3) is 0 Å². The zero-order valence-corrected chi connectivity index (χ0v) is 17.3. The molecule has 8 nitrogen and oxygen atoms in total. The zero-order valence-electron chi connectivity index (χ0n) is 14.6. The molecule has 11 heteroatoms. The summed E-state index contributed by atoms with van der Waals surface area (Å²) in [4.78, 5) is 22.0. The molecule has 1 N–H and O–H groups in total. The Morgan fingerprint density at radius 3 is 2.00 bits per heavy atom. The van der Waals surface area contributed by atoms with Crippen molar-refractivity contribution in [2.45, 2.75) is 19.4 Å². The van der Waals surface area contributed by atoms with Crippen LogP contribution in [0.2, 0.25) is 6.04 Å². The number of carbonyl (C=O) groups excluding carboxylic acids is 2. The molecule has 0 radical (unpaired) electrons. The lowest BCUT2D eigenvalue weighted by Gasteiger charge is -2.24. The van der Waals surface area contributed by atoms with Crippen LogP contribution in [0.15, 0.2) is 0 Å². The maximum Gasteiger partial charge on any atom is 0.500 e. The molecule has 0 heterocycles. The second-order valence-corrected chi connectivity index (χ2v) is 10.2. The van der Waals surface area contributed by atoms with Crippen molar-refractivity contribution in [1.29, 1.82) is 0 Å². The second kappa shape index (κ2) is 14.8. The molecule has 24 heavy (non-hydrogen) atoms. The number of ether oxygens (including phenoxy) is 2. The summed E-state index contributed by atoms with van der Waals surface area (Å²) in [5, 5.41) is 2.67. The van der Waals surface area contributed by atoms with Crippen LogP contribution in [0.4, 0.5) is 4.79 Å². The van der Waals surface area contributed by atoms with Crippen LogP contribution >= 0.6 is 21.6 Å². The molecule has 0 aliphatic heterocycles. The van der Waals surface area contributed by atoms with Crippen LogP contribution in [0.1, 0.15) is 13.3 Å². The number of hydrogen-bond acceptors (Lipinski definition) is 9. The molecule has 0 aromatic heterocycles. The van der Waals surface area contributed by atoms with E-state index in [-0.39, 0.29) is 5.97 Å². The Morgan fingerprint density at radius 2 is 1.50 bits per heavy atom. The molecule has 0 bridgehead atoms. The lowest BCUT2D eigenvalue weighted by Crippen LogP contribution is -2.43. The van der Waals surface area contributed by atoms with E-state index in [9.17, 15) is 9.59 Å². The Bertz CT molecular complexity index is 351. The van der Waals surface area contributed by atoms with Gasteiger partial charge in [0.05, 0.1) is 0 Å². The Morgan fingerprint density at radius 1 is 0.958 bits per heavy atom. The third-order valence-electron chi connectivity index (χ3n) is 2.82. The first-order valence-electron chi connectivity index (χ1n) is 7.43. The monoisotopic (exact) mass is 401 g/mol. The molecule has 0 saturated carbocycles. The largest absolute Gasteiger partial charge is 0.500 e. The predicted octanol–water partition coefficient (Wildman–Crippen LogP) is 1.93. The van der Waals surface area contributed by atoms with Gasteiger partial charge in [-0.2, -0.15) is 0 Å². The molecule has 0 aliphatic carbocycles. The van der Waals surface area contributed by atoms with E-state index in [0.29, 0.717) is 43.7 Å². The number of amides is 1. The third-order valence-corrected chi connectivity index (χ3v) is 7.98. The fraction of sp³-hybridized carbons (Fsp3) is 0.846. The Labute approximate surface area is 152 Å². The number of rotatable bonds is 14. The first-order valence-corrected chi connectivity index (χ1v) is 11.9.